The van der Waals surface area contributed by atoms with Crippen molar-refractivity contribution in [3.8, 4) is 0 Å². The van der Waals surface area contributed by atoms with Gasteiger partial charge >= 0.3 is 0 Å². The smallest absolute Gasteiger partial charge is 0.244 e. The van der Waals surface area contributed by atoms with Crippen LogP contribution in [0.1, 0.15) is 38.8 Å². The van der Waals surface area contributed by atoms with Crippen molar-refractivity contribution in [2.24, 2.45) is 13.0 Å². The molecule has 0 atom stereocenters. The Hall–Kier alpha value is -0.520. The first kappa shape index (κ1) is 15.9. The fourth-order valence-corrected chi connectivity index (χ4v) is 4.30. The van der Waals surface area contributed by atoms with Crippen LogP contribution < -0.4 is 0 Å². The number of nitrogens with zero attached hydrogens (tertiary/aromatic N) is 2. The molecule has 1 aliphatic carbocycles. The fraction of sp³-hybridized carbons (Fsp3) is 0.714. The van der Waals surface area contributed by atoms with E-state index in [2.05, 4.69) is 13.8 Å². The molecule has 1 aromatic rings. The third-order valence-electron chi connectivity index (χ3n) is 3.71. The molecule has 0 N–H and O–H groups in total. The van der Waals surface area contributed by atoms with Gasteiger partial charge in [0.15, 0.2) is 0 Å². The van der Waals surface area contributed by atoms with Crippen LogP contribution in [0.2, 0.25) is 0 Å². The molecular weight excluding hydrogens is 296 g/mol. The molecule has 0 unspecified atom stereocenters. The minimum absolute atomic E-state index is 0.193. The van der Waals surface area contributed by atoms with E-state index in [1.54, 1.807) is 21.1 Å². The van der Waals surface area contributed by atoms with Crippen LogP contribution in [-0.2, 0) is 23.0 Å². The predicted octanol–water partition coefficient (Wildman–Crippen LogP) is 2.96. The van der Waals surface area contributed by atoms with Gasteiger partial charge in [0.25, 0.3) is 0 Å². The van der Waals surface area contributed by atoms with Crippen molar-refractivity contribution in [1.29, 1.82) is 0 Å². The lowest BCUT2D eigenvalue weighted by Crippen LogP contribution is -2.34. The van der Waals surface area contributed by atoms with Gasteiger partial charge in [-0.15, -0.1) is 11.6 Å². The van der Waals surface area contributed by atoms with Crippen molar-refractivity contribution >= 4 is 21.6 Å². The van der Waals surface area contributed by atoms with Gasteiger partial charge in [-0.3, -0.25) is 0 Å². The summed E-state index contributed by atoms with van der Waals surface area (Å²) < 4.78 is 29.0. The number of hydrogen-bond donors (Lipinski definition) is 0. The quantitative estimate of drug-likeness (QED) is 0.725. The summed E-state index contributed by atoms with van der Waals surface area (Å²) in [5, 5.41) is 0. The van der Waals surface area contributed by atoms with Crippen LogP contribution in [0.25, 0.3) is 0 Å². The molecule has 1 aliphatic rings. The monoisotopic (exact) mass is 318 g/mol. The van der Waals surface area contributed by atoms with Crippen LogP contribution in [0.5, 0.6) is 0 Å². The van der Waals surface area contributed by atoms with Crippen LogP contribution >= 0.6 is 11.6 Å². The first-order valence-corrected chi connectivity index (χ1v) is 9.06. The number of aromatic nitrogens is 1. The second-order valence-corrected chi connectivity index (χ2v) is 8.10. The highest BCUT2D eigenvalue weighted by Gasteiger charge is 2.38. The second-order valence-electron chi connectivity index (χ2n) is 5.94. The molecule has 1 fully saturated rings. The molecule has 0 saturated heterocycles. The van der Waals surface area contributed by atoms with Crippen LogP contribution in [-0.4, -0.2) is 29.9 Å². The van der Waals surface area contributed by atoms with Crippen molar-refractivity contribution in [2.45, 2.75) is 49.9 Å². The van der Waals surface area contributed by atoms with Gasteiger partial charge in [0.05, 0.1) is 5.88 Å². The minimum atomic E-state index is -3.39. The number of rotatable bonds is 7. The van der Waals surface area contributed by atoms with E-state index >= 15 is 0 Å². The van der Waals surface area contributed by atoms with E-state index in [9.17, 15) is 8.42 Å². The molecule has 0 bridgehead atoms. The maximum absolute atomic E-state index is 12.8. The molecule has 1 saturated carbocycles. The molecule has 20 heavy (non-hydrogen) atoms. The zero-order valence-electron chi connectivity index (χ0n) is 12.3. The van der Waals surface area contributed by atoms with Crippen LogP contribution in [0, 0.1) is 5.92 Å². The molecule has 2 rings (SSSR count). The summed E-state index contributed by atoms with van der Waals surface area (Å²) in [7, 11) is -1.57. The van der Waals surface area contributed by atoms with Crippen LogP contribution in [0.15, 0.2) is 17.2 Å². The molecule has 114 valence electrons. The van der Waals surface area contributed by atoms with Gasteiger partial charge < -0.3 is 4.57 Å². The van der Waals surface area contributed by atoms with Gasteiger partial charge in [-0.2, -0.15) is 4.31 Å². The van der Waals surface area contributed by atoms with E-state index < -0.39 is 10.0 Å². The van der Waals surface area contributed by atoms with Crippen LogP contribution in [0.4, 0.5) is 0 Å². The van der Waals surface area contributed by atoms with Crippen molar-refractivity contribution in [3.63, 3.8) is 0 Å². The highest BCUT2D eigenvalue weighted by molar-refractivity contribution is 7.89. The maximum Gasteiger partial charge on any atom is 0.244 e. The van der Waals surface area contributed by atoms with E-state index in [-0.39, 0.29) is 6.04 Å². The Labute approximate surface area is 126 Å². The summed E-state index contributed by atoms with van der Waals surface area (Å²) >= 11 is 5.82. The second kappa shape index (κ2) is 6.08. The molecular formula is C14H23ClN2O2S. The topological polar surface area (TPSA) is 42.3 Å². The Balaban J connectivity index is 2.25. The Morgan fingerprint density at radius 2 is 2.10 bits per heavy atom. The van der Waals surface area contributed by atoms with Gasteiger partial charge in [-0.25, -0.2) is 8.42 Å². The molecule has 4 nitrogen and oxygen atoms in total. The molecule has 1 heterocycles. The molecule has 0 spiro atoms. The number of alkyl halides is 1. The zero-order chi connectivity index (χ0) is 14.9. The highest BCUT2D eigenvalue weighted by Crippen LogP contribution is 2.33. The number of sulfonamides is 1. The summed E-state index contributed by atoms with van der Waals surface area (Å²) in [5.74, 6) is 0.821. The minimum Gasteiger partial charge on any atom is -0.352 e. The van der Waals surface area contributed by atoms with E-state index in [4.69, 9.17) is 11.6 Å². The molecule has 1 aromatic heterocycles. The van der Waals surface area contributed by atoms with Crippen molar-refractivity contribution < 1.29 is 8.42 Å². The molecule has 0 amide bonds. The van der Waals surface area contributed by atoms with E-state index in [1.165, 1.54) is 0 Å². The third kappa shape index (κ3) is 3.38. The average molecular weight is 319 g/mol. The summed E-state index contributed by atoms with van der Waals surface area (Å²) in [6, 6.07) is 1.88. The first-order valence-electron chi connectivity index (χ1n) is 7.09. The molecule has 0 aliphatic heterocycles. The fourth-order valence-electron chi connectivity index (χ4n) is 2.23. The standard InChI is InChI=1S/C14H23ClN2O2S/c1-11(2)6-7-17(12-4-5-12)20(18,19)14-8-13(9-15)16(3)10-14/h8,10-12H,4-7,9H2,1-3H3. The lowest BCUT2D eigenvalue weighted by atomic mass is 10.1. The SMILES string of the molecule is CC(C)CCN(C1CC1)S(=O)(=O)c1cc(CCl)n(C)c1. The normalized spacial score (nSPS) is 16.3. The van der Waals surface area contributed by atoms with Gasteiger partial charge in [0.2, 0.25) is 10.0 Å². The van der Waals surface area contributed by atoms with Gasteiger partial charge in [-0.1, -0.05) is 13.8 Å². The first-order chi connectivity index (χ1) is 9.36. The Kier molecular flexibility index (Phi) is 4.82. The third-order valence-corrected chi connectivity index (χ3v) is 5.90. The zero-order valence-corrected chi connectivity index (χ0v) is 13.9. The van der Waals surface area contributed by atoms with E-state index in [0.717, 1.165) is 25.0 Å². The Morgan fingerprint density at radius 1 is 1.45 bits per heavy atom. The van der Waals surface area contributed by atoms with Gasteiger partial charge in [-0.05, 0) is 31.2 Å². The summed E-state index contributed by atoms with van der Waals surface area (Å²) in [6.07, 6.45) is 4.52. The maximum atomic E-state index is 12.8. The van der Waals surface area contributed by atoms with Crippen molar-refractivity contribution in [2.75, 3.05) is 6.54 Å². The largest absolute Gasteiger partial charge is 0.352 e. The average Bonchev–Trinajstić information content (AvgIpc) is 3.11. The Morgan fingerprint density at radius 3 is 2.55 bits per heavy atom. The van der Waals surface area contributed by atoms with Crippen molar-refractivity contribution in [3.05, 3.63) is 18.0 Å². The lowest BCUT2D eigenvalue weighted by molar-refractivity contribution is 0.373. The summed E-state index contributed by atoms with van der Waals surface area (Å²) in [6.45, 7) is 4.84. The molecule has 6 heteroatoms. The summed E-state index contributed by atoms with van der Waals surface area (Å²) in [5.41, 5.74) is 0.824. The van der Waals surface area contributed by atoms with Gasteiger partial charge in [0, 0.05) is 31.5 Å². The number of halogens is 1. The molecule has 0 radical (unpaired) electrons. The molecule has 0 aromatic carbocycles. The van der Waals surface area contributed by atoms with Crippen LogP contribution in [0.3, 0.4) is 0 Å². The Bertz CT molecular complexity index is 562. The number of aryl methyl sites for hydroxylation is 1. The van der Waals surface area contributed by atoms with E-state index in [1.807, 2.05) is 7.05 Å². The van der Waals surface area contributed by atoms with Gasteiger partial charge in [0.1, 0.15) is 4.90 Å². The highest BCUT2D eigenvalue weighted by atomic mass is 35.5. The number of hydrogen-bond acceptors (Lipinski definition) is 2. The van der Waals surface area contributed by atoms with Crippen molar-refractivity contribution in [1.82, 2.24) is 8.87 Å². The predicted molar refractivity (Wildman–Crippen MR) is 81.3 cm³/mol. The van der Waals surface area contributed by atoms with E-state index in [0.29, 0.717) is 23.2 Å². The lowest BCUT2D eigenvalue weighted by Gasteiger charge is -2.22. The summed E-state index contributed by atoms with van der Waals surface area (Å²) in [4.78, 5) is 0.367.